The summed E-state index contributed by atoms with van der Waals surface area (Å²) in [7, 11) is 1.80. The summed E-state index contributed by atoms with van der Waals surface area (Å²) in [4.78, 5) is 0. The predicted octanol–water partition coefficient (Wildman–Crippen LogP) is 4.20. The number of halogens is 3. The third-order valence-corrected chi connectivity index (χ3v) is 4.06. The fraction of sp³-hybridized carbons (Fsp3) is 0.600. The lowest BCUT2D eigenvalue weighted by atomic mass is 9.82. The molecule has 0 heterocycles. The van der Waals surface area contributed by atoms with Crippen LogP contribution in [0.4, 0.5) is 13.2 Å². The zero-order valence-electron chi connectivity index (χ0n) is 11.1. The Labute approximate surface area is 112 Å². The van der Waals surface area contributed by atoms with Crippen molar-refractivity contribution in [1.82, 2.24) is 5.32 Å². The molecule has 0 aliphatic heterocycles. The smallest absolute Gasteiger partial charge is 0.319 e. The predicted molar refractivity (Wildman–Crippen MR) is 70.1 cm³/mol. The van der Waals surface area contributed by atoms with Gasteiger partial charge in [0.15, 0.2) is 0 Å². The van der Waals surface area contributed by atoms with E-state index < -0.39 is 11.7 Å². The molecule has 1 aliphatic rings. The third-order valence-electron chi connectivity index (χ3n) is 4.06. The molecule has 4 heteroatoms. The molecule has 19 heavy (non-hydrogen) atoms. The number of alkyl halides is 3. The highest BCUT2D eigenvalue weighted by molar-refractivity contribution is 5.33. The van der Waals surface area contributed by atoms with E-state index >= 15 is 0 Å². The molecule has 1 aliphatic carbocycles. The van der Waals surface area contributed by atoms with Gasteiger partial charge in [-0.1, -0.05) is 31.0 Å². The highest BCUT2D eigenvalue weighted by Crippen LogP contribution is 2.42. The average Bonchev–Trinajstić information content (AvgIpc) is 2.88. The second kappa shape index (κ2) is 5.95. The average molecular weight is 271 g/mol. The molecular formula is C15H20F3N. The Morgan fingerprint density at radius 2 is 1.84 bits per heavy atom. The summed E-state index contributed by atoms with van der Waals surface area (Å²) in [5.74, 6) is 0.335. The molecule has 0 amide bonds. The van der Waals surface area contributed by atoms with E-state index in [1.165, 1.54) is 12.1 Å². The Morgan fingerprint density at radius 3 is 2.42 bits per heavy atom. The van der Waals surface area contributed by atoms with Gasteiger partial charge >= 0.3 is 6.18 Å². The van der Waals surface area contributed by atoms with Gasteiger partial charge in [0.05, 0.1) is 5.56 Å². The van der Waals surface area contributed by atoms with Gasteiger partial charge in [-0.25, -0.2) is 0 Å². The first-order valence-electron chi connectivity index (χ1n) is 6.84. The van der Waals surface area contributed by atoms with Crippen LogP contribution in [0.25, 0.3) is 0 Å². The fourth-order valence-corrected chi connectivity index (χ4v) is 3.19. The van der Waals surface area contributed by atoms with Crippen molar-refractivity contribution in [3.8, 4) is 0 Å². The van der Waals surface area contributed by atoms with Crippen molar-refractivity contribution in [3.63, 3.8) is 0 Å². The Kier molecular flexibility index (Phi) is 4.50. The first-order chi connectivity index (χ1) is 9.04. The van der Waals surface area contributed by atoms with Crippen LogP contribution in [0.1, 0.15) is 42.7 Å². The summed E-state index contributed by atoms with van der Waals surface area (Å²) in [6.45, 7) is 0.609. The van der Waals surface area contributed by atoms with Gasteiger partial charge in [-0.2, -0.15) is 13.2 Å². The topological polar surface area (TPSA) is 12.0 Å². The van der Waals surface area contributed by atoms with Crippen LogP contribution in [0.2, 0.25) is 0 Å². The summed E-state index contributed by atoms with van der Waals surface area (Å²) < 4.78 is 39.3. The van der Waals surface area contributed by atoms with Crippen molar-refractivity contribution in [2.75, 3.05) is 13.6 Å². The van der Waals surface area contributed by atoms with Crippen LogP contribution in [0.15, 0.2) is 24.3 Å². The van der Waals surface area contributed by atoms with E-state index in [9.17, 15) is 13.2 Å². The number of hydrogen-bond acceptors (Lipinski definition) is 1. The van der Waals surface area contributed by atoms with E-state index in [0.29, 0.717) is 18.0 Å². The summed E-state index contributed by atoms with van der Waals surface area (Å²) in [5, 5.41) is 3.05. The Morgan fingerprint density at radius 1 is 1.21 bits per heavy atom. The minimum Gasteiger partial charge on any atom is -0.319 e. The molecule has 0 aromatic heterocycles. The van der Waals surface area contributed by atoms with Gasteiger partial charge in [0.25, 0.3) is 0 Å². The van der Waals surface area contributed by atoms with E-state index in [0.717, 1.165) is 25.7 Å². The molecule has 1 saturated carbocycles. The normalized spacial score (nSPS) is 18.7. The number of hydrogen-bond donors (Lipinski definition) is 1. The summed E-state index contributed by atoms with van der Waals surface area (Å²) in [5.41, 5.74) is -0.0154. The van der Waals surface area contributed by atoms with Crippen molar-refractivity contribution in [1.29, 1.82) is 0 Å². The standard InChI is InChI=1S/C15H20F3N/c1-19-10-13(11-6-2-3-7-11)12-8-4-5-9-14(12)15(16,17)18/h4-5,8-9,11,13,19H,2-3,6-7,10H2,1H3. The van der Waals surface area contributed by atoms with Crippen molar-refractivity contribution in [2.45, 2.75) is 37.8 Å². The van der Waals surface area contributed by atoms with Crippen LogP contribution in [0.5, 0.6) is 0 Å². The number of benzene rings is 1. The highest BCUT2D eigenvalue weighted by atomic mass is 19.4. The molecule has 1 fully saturated rings. The maximum Gasteiger partial charge on any atom is 0.416 e. The number of nitrogens with one attached hydrogen (secondary N) is 1. The second-order valence-corrected chi connectivity index (χ2v) is 5.29. The van der Waals surface area contributed by atoms with Gasteiger partial charge in [0.2, 0.25) is 0 Å². The second-order valence-electron chi connectivity index (χ2n) is 5.29. The molecule has 0 spiro atoms. The van der Waals surface area contributed by atoms with Crippen molar-refractivity contribution in [3.05, 3.63) is 35.4 Å². The molecule has 1 aromatic rings. The Balaban J connectivity index is 2.35. The lowest BCUT2D eigenvalue weighted by Gasteiger charge is -2.26. The maximum absolute atomic E-state index is 13.1. The van der Waals surface area contributed by atoms with Crippen LogP contribution in [-0.2, 0) is 6.18 Å². The van der Waals surface area contributed by atoms with Gasteiger partial charge in [-0.3, -0.25) is 0 Å². The SMILES string of the molecule is CNCC(c1ccccc1C(F)(F)F)C1CCCC1. The highest BCUT2D eigenvalue weighted by Gasteiger charge is 2.37. The van der Waals surface area contributed by atoms with Gasteiger partial charge < -0.3 is 5.32 Å². The first kappa shape index (κ1) is 14.4. The molecule has 1 atom stereocenters. The molecule has 1 aromatic carbocycles. The quantitative estimate of drug-likeness (QED) is 0.865. The largest absolute Gasteiger partial charge is 0.416 e. The first-order valence-corrected chi connectivity index (χ1v) is 6.84. The monoisotopic (exact) mass is 271 g/mol. The minimum atomic E-state index is -4.26. The zero-order valence-corrected chi connectivity index (χ0v) is 11.1. The van der Waals surface area contributed by atoms with Crippen molar-refractivity contribution in [2.24, 2.45) is 5.92 Å². The van der Waals surface area contributed by atoms with E-state index in [1.807, 2.05) is 0 Å². The maximum atomic E-state index is 13.1. The lowest BCUT2D eigenvalue weighted by molar-refractivity contribution is -0.138. The fourth-order valence-electron chi connectivity index (χ4n) is 3.19. The summed E-state index contributed by atoms with van der Waals surface area (Å²) >= 11 is 0. The molecule has 0 radical (unpaired) electrons. The van der Waals surface area contributed by atoms with Gasteiger partial charge in [-0.15, -0.1) is 0 Å². The Hall–Kier alpha value is -1.03. The lowest BCUT2D eigenvalue weighted by Crippen LogP contribution is -2.25. The van der Waals surface area contributed by atoms with E-state index in [-0.39, 0.29) is 5.92 Å². The van der Waals surface area contributed by atoms with Crippen LogP contribution in [-0.4, -0.2) is 13.6 Å². The van der Waals surface area contributed by atoms with Gasteiger partial charge in [-0.05, 0) is 43.4 Å². The summed E-state index contributed by atoms with van der Waals surface area (Å²) in [6, 6.07) is 6.02. The van der Waals surface area contributed by atoms with Crippen LogP contribution >= 0.6 is 0 Å². The van der Waals surface area contributed by atoms with Crippen molar-refractivity contribution < 1.29 is 13.2 Å². The van der Waals surface area contributed by atoms with Crippen molar-refractivity contribution >= 4 is 0 Å². The number of rotatable bonds is 4. The van der Waals surface area contributed by atoms with Crippen LogP contribution in [0.3, 0.4) is 0 Å². The van der Waals surface area contributed by atoms with Gasteiger partial charge in [0.1, 0.15) is 0 Å². The molecule has 0 saturated heterocycles. The Bertz CT molecular complexity index is 408. The van der Waals surface area contributed by atoms with E-state index in [2.05, 4.69) is 5.32 Å². The molecule has 1 nitrogen and oxygen atoms in total. The molecule has 2 rings (SSSR count). The minimum absolute atomic E-state index is 0.0367. The van der Waals surface area contributed by atoms with E-state index in [4.69, 9.17) is 0 Å². The van der Waals surface area contributed by atoms with Crippen LogP contribution in [0, 0.1) is 5.92 Å². The molecule has 0 bridgehead atoms. The molecule has 106 valence electrons. The zero-order chi connectivity index (χ0) is 13.9. The van der Waals surface area contributed by atoms with Crippen LogP contribution < -0.4 is 5.32 Å². The van der Waals surface area contributed by atoms with Gasteiger partial charge in [0, 0.05) is 6.54 Å². The van der Waals surface area contributed by atoms with E-state index in [1.54, 1.807) is 19.2 Å². The molecule has 1 unspecified atom stereocenters. The molecular weight excluding hydrogens is 251 g/mol. The third kappa shape index (κ3) is 3.30. The summed E-state index contributed by atoms with van der Waals surface area (Å²) in [6.07, 6.45) is 0.0936. The number of likely N-dealkylation sites (N-methyl/N-ethyl adjacent to an activating group) is 1. The molecule has 1 N–H and O–H groups in total.